The zero-order chi connectivity index (χ0) is 15.2. The van der Waals surface area contributed by atoms with Crippen LogP contribution >= 0.6 is 0 Å². The number of aliphatic carboxylic acids is 1. The number of likely N-dealkylation sites (tertiary alicyclic amines) is 1. The molecule has 0 aliphatic carbocycles. The van der Waals surface area contributed by atoms with Gasteiger partial charge in [0.2, 0.25) is 0 Å². The number of benzene rings is 1. The summed E-state index contributed by atoms with van der Waals surface area (Å²) in [6.07, 6.45) is 2.05. The van der Waals surface area contributed by atoms with Crippen LogP contribution in [0.5, 0.6) is 0 Å². The number of piperidine rings is 1. The maximum atomic E-state index is 13.2. The highest BCUT2D eigenvalue weighted by atomic mass is 19.1. The SMILES string of the molecule is O=C(O)CNCC1CCCN(Cc2cc(F)cc(F)c2)C1. The van der Waals surface area contributed by atoms with Gasteiger partial charge in [-0.3, -0.25) is 9.69 Å². The van der Waals surface area contributed by atoms with Crippen LogP contribution in [0.3, 0.4) is 0 Å². The first-order valence-electron chi connectivity index (χ1n) is 7.13. The fourth-order valence-corrected chi connectivity index (χ4v) is 2.81. The van der Waals surface area contributed by atoms with Gasteiger partial charge in [-0.25, -0.2) is 8.78 Å². The molecule has 1 aromatic carbocycles. The summed E-state index contributed by atoms with van der Waals surface area (Å²) in [5, 5.41) is 11.5. The lowest BCUT2D eigenvalue weighted by molar-refractivity contribution is -0.136. The van der Waals surface area contributed by atoms with Gasteiger partial charge >= 0.3 is 5.97 Å². The van der Waals surface area contributed by atoms with Crippen molar-refractivity contribution in [2.45, 2.75) is 19.4 Å². The maximum absolute atomic E-state index is 13.2. The molecule has 0 aromatic heterocycles. The van der Waals surface area contributed by atoms with E-state index in [1.165, 1.54) is 12.1 Å². The molecule has 1 unspecified atom stereocenters. The Labute approximate surface area is 122 Å². The molecule has 1 aliphatic heterocycles. The molecule has 2 N–H and O–H groups in total. The normalized spacial score (nSPS) is 19.6. The van der Waals surface area contributed by atoms with E-state index in [1.807, 2.05) is 0 Å². The molecule has 2 rings (SSSR count). The molecule has 0 amide bonds. The van der Waals surface area contributed by atoms with Gasteiger partial charge < -0.3 is 10.4 Å². The van der Waals surface area contributed by atoms with Crippen LogP contribution in [0, 0.1) is 17.6 Å². The number of nitrogens with one attached hydrogen (secondary N) is 1. The van der Waals surface area contributed by atoms with Crippen molar-refractivity contribution in [1.82, 2.24) is 10.2 Å². The molecule has 116 valence electrons. The molecule has 6 heteroatoms. The van der Waals surface area contributed by atoms with E-state index in [0.29, 0.717) is 24.6 Å². The third-order valence-electron chi connectivity index (χ3n) is 3.64. The summed E-state index contributed by atoms with van der Waals surface area (Å²) in [7, 11) is 0. The summed E-state index contributed by atoms with van der Waals surface area (Å²) in [6.45, 7) is 2.84. The highest BCUT2D eigenvalue weighted by molar-refractivity contribution is 5.68. The summed E-state index contributed by atoms with van der Waals surface area (Å²) < 4.78 is 26.4. The van der Waals surface area contributed by atoms with Crippen molar-refractivity contribution >= 4 is 5.97 Å². The summed E-state index contributed by atoms with van der Waals surface area (Å²) in [5.41, 5.74) is 0.631. The van der Waals surface area contributed by atoms with E-state index in [4.69, 9.17) is 5.11 Å². The van der Waals surface area contributed by atoms with Crippen LogP contribution in [0.2, 0.25) is 0 Å². The molecule has 0 bridgehead atoms. The lowest BCUT2D eigenvalue weighted by Crippen LogP contribution is -2.40. The molecule has 1 aromatic rings. The monoisotopic (exact) mass is 298 g/mol. The van der Waals surface area contributed by atoms with E-state index >= 15 is 0 Å². The summed E-state index contributed by atoms with van der Waals surface area (Å²) in [5.74, 6) is -1.60. The van der Waals surface area contributed by atoms with Crippen LogP contribution in [0.15, 0.2) is 18.2 Å². The molecule has 21 heavy (non-hydrogen) atoms. The quantitative estimate of drug-likeness (QED) is 0.841. The average Bonchev–Trinajstić information content (AvgIpc) is 2.37. The first-order valence-corrected chi connectivity index (χ1v) is 7.13. The largest absolute Gasteiger partial charge is 0.480 e. The van der Waals surface area contributed by atoms with Crippen molar-refractivity contribution < 1.29 is 18.7 Å². The van der Waals surface area contributed by atoms with Gasteiger partial charge in [0.1, 0.15) is 11.6 Å². The predicted molar refractivity (Wildman–Crippen MR) is 74.9 cm³/mol. The maximum Gasteiger partial charge on any atom is 0.317 e. The highest BCUT2D eigenvalue weighted by Crippen LogP contribution is 2.19. The summed E-state index contributed by atoms with van der Waals surface area (Å²) in [4.78, 5) is 12.6. The van der Waals surface area contributed by atoms with Crippen molar-refractivity contribution in [2.24, 2.45) is 5.92 Å². The van der Waals surface area contributed by atoms with Gasteiger partial charge in [-0.15, -0.1) is 0 Å². The molecule has 4 nitrogen and oxygen atoms in total. The molecular formula is C15H20F2N2O2. The van der Waals surface area contributed by atoms with Crippen molar-refractivity contribution in [1.29, 1.82) is 0 Å². The lowest BCUT2D eigenvalue weighted by atomic mass is 9.97. The average molecular weight is 298 g/mol. The van der Waals surface area contributed by atoms with Crippen molar-refractivity contribution in [3.05, 3.63) is 35.4 Å². The van der Waals surface area contributed by atoms with E-state index < -0.39 is 17.6 Å². The Kier molecular flexibility index (Phi) is 5.64. The minimum atomic E-state index is -0.863. The Morgan fingerprint density at radius 3 is 2.71 bits per heavy atom. The van der Waals surface area contributed by atoms with Crippen LogP contribution in [0.4, 0.5) is 8.78 Å². The fourth-order valence-electron chi connectivity index (χ4n) is 2.81. The Hall–Kier alpha value is -1.53. The second kappa shape index (κ2) is 7.47. The number of carboxylic acid groups (broad SMARTS) is 1. The number of hydrogen-bond acceptors (Lipinski definition) is 3. The van der Waals surface area contributed by atoms with Crippen LogP contribution in [-0.2, 0) is 11.3 Å². The molecule has 0 radical (unpaired) electrons. The van der Waals surface area contributed by atoms with Gasteiger partial charge in [-0.05, 0) is 49.5 Å². The molecule has 1 atom stereocenters. The third kappa shape index (κ3) is 5.40. The second-order valence-electron chi connectivity index (χ2n) is 5.55. The molecular weight excluding hydrogens is 278 g/mol. The number of carbonyl (C=O) groups is 1. The molecule has 1 saturated heterocycles. The summed E-state index contributed by atoms with van der Waals surface area (Å²) in [6, 6.07) is 3.59. The Morgan fingerprint density at radius 1 is 1.33 bits per heavy atom. The first-order chi connectivity index (χ1) is 10.0. The lowest BCUT2D eigenvalue weighted by Gasteiger charge is -2.32. The predicted octanol–water partition coefficient (Wildman–Crippen LogP) is 1.85. The number of carboxylic acids is 1. The third-order valence-corrected chi connectivity index (χ3v) is 3.64. The number of nitrogens with zero attached hydrogens (tertiary/aromatic N) is 1. The molecule has 0 saturated carbocycles. The Bertz CT molecular complexity index is 476. The van der Waals surface area contributed by atoms with Crippen molar-refractivity contribution in [2.75, 3.05) is 26.2 Å². The molecule has 1 aliphatic rings. The van der Waals surface area contributed by atoms with Gasteiger partial charge in [0.25, 0.3) is 0 Å². The van der Waals surface area contributed by atoms with Crippen molar-refractivity contribution in [3.8, 4) is 0 Å². The highest BCUT2D eigenvalue weighted by Gasteiger charge is 2.20. The van der Waals surface area contributed by atoms with Gasteiger partial charge in [-0.2, -0.15) is 0 Å². The topological polar surface area (TPSA) is 52.6 Å². The van der Waals surface area contributed by atoms with E-state index in [0.717, 1.165) is 32.0 Å². The zero-order valence-corrected chi connectivity index (χ0v) is 11.8. The minimum absolute atomic E-state index is 0.0361. The number of hydrogen-bond donors (Lipinski definition) is 2. The first kappa shape index (κ1) is 15.9. The van der Waals surface area contributed by atoms with Crippen LogP contribution < -0.4 is 5.32 Å². The number of rotatable bonds is 6. The van der Waals surface area contributed by atoms with Gasteiger partial charge in [0, 0.05) is 19.2 Å². The standard InChI is InChI=1S/C15H20F2N2O2/c16-13-4-12(5-14(17)6-13)10-19-3-1-2-11(9-19)7-18-8-15(20)21/h4-6,11,18H,1-3,7-10H2,(H,20,21). The van der Waals surface area contributed by atoms with Crippen LogP contribution in [0.1, 0.15) is 18.4 Å². The zero-order valence-electron chi connectivity index (χ0n) is 11.8. The van der Waals surface area contributed by atoms with Gasteiger partial charge in [0.05, 0.1) is 6.54 Å². The smallest absolute Gasteiger partial charge is 0.317 e. The Balaban J connectivity index is 1.84. The molecule has 1 heterocycles. The van der Waals surface area contributed by atoms with E-state index in [1.54, 1.807) is 0 Å². The van der Waals surface area contributed by atoms with Crippen LogP contribution in [0.25, 0.3) is 0 Å². The fraction of sp³-hybridized carbons (Fsp3) is 0.533. The van der Waals surface area contributed by atoms with Gasteiger partial charge in [0.15, 0.2) is 0 Å². The van der Waals surface area contributed by atoms with E-state index in [9.17, 15) is 13.6 Å². The molecule has 0 spiro atoms. The van der Waals surface area contributed by atoms with Crippen LogP contribution in [-0.4, -0.2) is 42.2 Å². The Morgan fingerprint density at radius 2 is 2.05 bits per heavy atom. The number of halogens is 2. The van der Waals surface area contributed by atoms with Gasteiger partial charge in [-0.1, -0.05) is 0 Å². The summed E-state index contributed by atoms with van der Waals surface area (Å²) >= 11 is 0. The molecule has 1 fully saturated rings. The van der Waals surface area contributed by atoms with Crippen molar-refractivity contribution in [3.63, 3.8) is 0 Å². The van der Waals surface area contributed by atoms with E-state index in [-0.39, 0.29) is 6.54 Å². The van der Waals surface area contributed by atoms with E-state index in [2.05, 4.69) is 10.2 Å². The second-order valence-corrected chi connectivity index (χ2v) is 5.55. The minimum Gasteiger partial charge on any atom is -0.480 e.